The number of hydrogen-bond donors (Lipinski definition) is 2. The lowest BCUT2D eigenvalue weighted by Gasteiger charge is -2.15. The second-order valence-electron chi connectivity index (χ2n) is 6.57. The molecule has 1 unspecified atom stereocenters. The molecule has 7 heteroatoms. The number of esters is 1. The number of carbonyl (C=O) groups is 2. The van der Waals surface area contributed by atoms with Crippen molar-refractivity contribution in [2.75, 3.05) is 25.6 Å². The number of urea groups is 1. The highest BCUT2D eigenvalue weighted by Gasteiger charge is 2.24. The smallest absolute Gasteiger partial charge is 0.340 e. The molecular formula is C16H24N2O4S. The predicted molar refractivity (Wildman–Crippen MR) is 90.4 cm³/mol. The van der Waals surface area contributed by atoms with Crippen LogP contribution in [0.25, 0.3) is 0 Å². The van der Waals surface area contributed by atoms with Crippen molar-refractivity contribution in [3.63, 3.8) is 0 Å². The molecule has 1 fully saturated rings. The summed E-state index contributed by atoms with van der Waals surface area (Å²) in [6.07, 6.45) is 2.07. The first kappa shape index (κ1) is 17.7. The zero-order valence-electron chi connectivity index (χ0n) is 14.0. The molecule has 2 heterocycles. The molecule has 1 aliphatic rings. The number of methoxy groups -OCH3 is 1. The minimum atomic E-state index is -0.453. The van der Waals surface area contributed by atoms with Crippen molar-refractivity contribution in [2.24, 2.45) is 0 Å². The second-order valence-corrected chi connectivity index (χ2v) is 7.62. The van der Waals surface area contributed by atoms with Crippen molar-refractivity contribution in [3.05, 3.63) is 16.5 Å². The summed E-state index contributed by atoms with van der Waals surface area (Å²) < 4.78 is 10.3. The van der Waals surface area contributed by atoms with Gasteiger partial charge in [0.05, 0.1) is 18.8 Å². The van der Waals surface area contributed by atoms with Gasteiger partial charge in [0.25, 0.3) is 0 Å². The molecule has 1 atom stereocenters. The number of carbonyl (C=O) groups excluding carboxylic acids is 2. The number of anilines is 1. The Bertz CT molecular complexity index is 571. The van der Waals surface area contributed by atoms with E-state index in [1.165, 1.54) is 18.4 Å². The molecule has 2 amide bonds. The average molecular weight is 340 g/mol. The number of thiophene rings is 1. The highest BCUT2D eigenvalue weighted by molar-refractivity contribution is 7.16. The van der Waals surface area contributed by atoms with Crippen LogP contribution in [-0.4, -0.2) is 38.4 Å². The summed E-state index contributed by atoms with van der Waals surface area (Å²) in [4.78, 5) is 25.0. The summed E-state index contributed by atoms with van der Waals surface area (Å²) in [7, 11) is 1.33. The Morgan fingerprint density at radius 2 is 2.17 bits per heavy atom. The maximum atomic E-state index is 12.1. The van der Waals surface area contributed by atoms with Gasteiger partial charge in [0, 0.05) is 18.0 Å². The first-order valence-electron chi connectivity index (χ1n) is 7.70. The van der Waals surface area contributed by atoms with E-state index in [4.69, 9.17) is 9.47 Å². The molecule has 6 nitrogen and oxygen atoms in total. The van der Waals surface area contributed by atoms with Gasteiger partial charge in [-0.25, -0.2) is 9.59 Å². The van der Waals surface area contributed by atoms with E-state index in [2.05, 4.69) is 31.4 Å². The Labute approximate surface area is 140 Å². The van der Waals surface area contributed by atoms with Crippen molar-refractivity contribution in [1.29, 1.82) is 0 Å². The van der Waals surface area contributed by atoms with Crippen LogP contribution in [0.5, 0.6) is 0 Å². The van der Waals surface area contributed by atoms with Gasteiger partial charge >= 0.3 is 12.0 Å². The minimum Gasteiger partial charge on any atom is -0.465 e. The van der Waals surface area contributed by atoms with E-state index in [9.17, 15) is 9.59 Å². The summed E-state index contributed by atoms with van der Waals surface area (Å²) in [5.74, 6) is -0.453. The monoisotopic (exact) mass is 340 g/mol. The maximum absolute atomic E-state index is 12.1. The third-order valence-corrected chi connectivity index (χ3v) is 5.09. The molecule has 0 saturated carbocycles. The molecule has 0 spiro atoms. The van der Waals surface area contributed by atoms with Gasteiger partial charge in [-0.3, -0.25) is 5.32 Å². The zero-order valence-corrected chi connectivity index (χ0v) is 14.8. The number of nitrogens with one attached hydrogen (secondary N) is 2. The average Bonchev–Trinajstić information content (AvgIpc) is 3.13. The molecule has 0 aliphatic carbocycles. The summed E-state index contributed by atoms with van der Waals surface area (Å²) in [5.41, 5.74) is 0.274. The Hall–Kier alpha value is -1.60. The lowest BCUT2D eigenvalue weighted by molar-refractivity contribution is 0.0602. The van der Waals surface area contributed by atoms with E-state index in [1.807, 2.05) is 0 Å². The van der Waals surface area contributed by atoms with Crippen LogP contribution in [0.2, 0.25) is 0 Å². The van der Waals surface area contributed by atoms with Crippen molar-refractivity contribution in [2.45, 2.75) is 45.1 Å². The number of hydrogen-bond acceptors (Lipinski definition) is 5. The summed E-state index contributed by atoms with van der Waals surface area (Å²) in [6, 6.07) is 1.44. The van der Waals surface area contributed by atoms with Gasteiger partial charge in [0.2, 0.25) is 0 Å². The normalized spacial score (nSPS) is 17.8. The van der Waals surface area contributed by atoms with E-state index < -0.39 is 5.97 Å². The third kappa shape index (κ3) is 4.68. The molecule has 1 aromatic heterocycles. The quantitative estimate of drug-likeness (QED) is 0.826. The lowest BCUT2D eigenvalue weighted by atomic mass is 9.94. The molecule has 2 N–H and O–H groups in total. The summed E-state index contributed by atoms with van der Waals surface area (Å²) in [5, 5.41) is 6.05. The van der Waals surface area contributed by atoms with Gasteiger partial charge in [0.15, 0.2) is 0 Å². The highest BCUT2D eigenvalue weighted by atomic mass is 32.1. The SMILES string of the molecule is COC(=O)c1cc(C(C)(C)C)sc1NC(=O)NCC1CCCO1. The fourth-order valence-corrected chi connectivity index (χ4v) is 3.37. The third-order valence-electron chi connectivity index (χ3n) is 3.62. The minimum absolute atomic E-state index is 0.0781. The number of amides is 2. The molecule has 1 aliphatic heterocycles. The van der Waals surface area contributed by atoms with Crippen LogP contribution in [0, 0.1) is 0 Å². The number of rotatable bonds is 4. The van der Waals surface area contributed by atoms with Gasteiger partial charge < -0.3 is 14.8 Å². The van der Waals surface area contributed by atoms with Crippen LogP contribution in [0.4, 0.5) is 9.80 Å². The molecule has 0 radical (unpaired) electrons. The van der Waals surface area contributed by atoms with Crippen molar-refractivity contribution in [3.8, 4) is 0 Å². The van der Waals surface area contributed by atoms with Crippen molar-refractivity contribution in [1.82, 2.24) is 5.32 Å². The topological polar surface area (TPSA) is 76.7 Å². The molecular weight excluding hydrogens is 316 g/mol. The molecule has 1 aromatic rings. The van der Waals surface area contributed by atoms with E-state index in [-0.39, 0.29) is 17.6 Å². The van der Waals surface area contributed by atoms with Crippen LogP contribution >= 0.6 is 11.3 Å². The first-order chi connectivity index (χ1) is 10.8. The van der Waals surface area contributed by atoms with Crippen molar-refractivity contribution < 1.29 is 19.1 Å². The summed E-state index contributed by atoms with van der Waals surface area (Å²) in [6.45, 7) is 7.39. The molecule has 128 valence electrons. The van der Waals surface area contributed by atoms with Crippen molar-refractivity contribution >= 4 is 28.3 Å². The molecule has 0 aromatic carbocycles. The van der Waals surface area contributed by atoms with Gasteiger partial charge in [0.1, 0.15) is 5.00 Å². The van der Waals surface area contributed by atoms with Crippen LogP contribution in [0.3, 0.4) is 0 Å². The van der Waals surface area contributed by atoms with Gasteiger partial charge in [-0.2, -0.15) is 0 Å². The maximum Gasteiger partial charge on any atom is 0.340 e. The standard InChI is InChI=1S/C16H24N2O4S/c1-16(2,3)12-8-11(14(19)21-4)13(23-12)18-15(20)17-9-10-6-5-7-22-10/h8,10H,5-7,9H2,1-4H3,(H2,17,18,20). The predicted octanol–water partition coefficient (Wildman–Crippen LogP) is 3.13. The van der Waals surface area contributed by atoms with Crippen LogP contribution in [0.15, 0.2) is 6.07 Å². The van der Waals surface area contributed by atoms with Gasteiger partial charge in [-0.05, 0) is 24.3 Å². The lowest BCUT2D eigenvalue weighted by Crippen LogP contribution is -2.35. The number of ether oxygens (including phenoxy) is 2. The molecule has 2 rings (SSSR count). The Morgan fingerprint density at radius 3 is 2.74 bits per heavy atom. The van der Waals surface area contributed by atoms with E-state index >= 15 is 0 Å². The van der Waals surface area contributed by atoms with Gasteiger partial charge in [-0.15, -0.1) is 11.3 Å². The van der Waals surface area contributed by atoms with E-state index in [0.29, 0.717) is 17.1 Å². The fourth-order valence-electron chi connectivity index (χ4n) is 2.27. The zero-order chi connectivity index (χ0) is 17.0. The molecule has 1 saturated heterocycles. The Morgan fingerprint density at radius 1 is 1.43 bits per heavy atom. The Kier molecular flexibility index (Phi) is 5.64. The molecule has 0 bridgehead atoms. The van der Waals surface area contributed by atoms with Crippen LogP contribution < -0.4 is 10.6 Å². The second kappa shape index (κ2) is 7.31. The van der Waals surface area contributed by atoms with Crippen LogP contribution in [-0.2, 0) is 14.9 Å². The van der Waals surface area contributed by atoms with Gasteiger partial charge in [-0.1, -0.05) is 20.8 Å². The highest BCUT2D eigenvalue weighted by Crippen LogP contribution is 2.36. The molecule has 23 heavy (non-hydrogen) atoms. The fraction of sp³-hybridized carbons (Fsp3) is 0.625. The summed E-state index contributed by atoms with van der Waals surface area (Å²) >= 11 is 1.39. The first-order valence-corrected chi connectivity index (χ1v) is 8.52. The van der Waals surface area contributed by atoms with Crippen LogP contribution in [0.1, 0.15) is 48.8 Å². The Balaban J connectivity index is 2.06. The van der Waals surface area contributed by atoms with E-state index in [1.54, 1.807) is 6.07 Å². The largest absolute Gasteiger partial charge is 0.465 e. The van der Waals surface area contributed by atoms with E-state index in [0.717, 1.165) is 24.3 Å².